The SMILES string of the molecule is COc1cc(N)c(OC(F)F)c(Br)c1. The Balaban J connectivity index is 3.05. The summed E-state index contributed by atoms with van der Waals surface area (Å²) in [7, 11) is 1.45. The largest absolute Gasteiger partial charge is 0.497 e. The summed E-state index contributed by atoms with van der Waals surface area (Å²) in [6.07, 6.45) is 0. The maximum Gasteiger partial charge on any atom is 0.387 e. The highest BCUT2D eigenvalue weighted by Crippen LogP contribution is 2.36. The molecule has 78 valence electrons. The molecule has 0 aliphatic carbocycles. The zero-order valence-electron chi connectivity index (χ0n) is 7.26. The van der Waals surface area contributed by atoms with E-state index in [4.69, 9.17) is 10.5 Å². The predicted octanol–water partition coefficient (Wildman–Crippen LogP) is 2.64. The van der Waals surface area contributed by atoms with Gasteiger partial charge in [0.05, 0.1) is 17.3 Å². The molecule has 1 rings (SSSR count). The topological polar surface area (TPSA) is 44.5 Å². The van der Waals surface area contributed by atoms with Gasteiger partial charge in [-0.25, -0.2) is 0 Å². The highest BCUT2D eigenvalue weighted by molar-refractivity contribution is 9.10. The molecule has 0 aliphatic rings. The summed E-state index contributed by atoms with van der Waals surface area (Å²) in [5.41, 5.74) is 5.57. The number of ether oxygens (including phenoxy) is 2. The van der Waals surface area contributed by atoms with Crippen LogP contribution in [-0.2, 0) is 0 Å². The maximum absolute atomic E-state index is 11.9. The second-order valence-electron chi connectivity index (χ2n) is 2.41. The van der Waals surface area contributed by atoms with Gasteiger partial charge in [-0.1, -0.05) is 0 Å². The summed E-state index contributed by atoms with van der Waals surface area (Å²) in [5, 5.41) is 0. The van der Waals surface area contributed by atoms with E-state index in [9.17, 15) is 8.78 Å². The first-order valence-corrected chi connectivity index (χ1v) is 4.41. The number of hydrogen-bond acceptors (Lipinski definition) is 3. The second-order valence-corrected chi connectivity index (χ2v) is 3.26. The van der Waals surface area contributed by atoms with Crippen LogP contribution in [0, 0.1) is 0 Å². The molecule has 0 heterocycles. The number of methoxy groups -OCH3 is 1. The van der Waals surface area contributed by atoms with E-state index in [1.165, 1.54) is 19.2 Å². The van der Waals surface area contributed by atoms with Crippen LogP contribution < -0.4 is 15.2 Å². The Labute approximate surface area is 87.9 Å². The molecule has 0 aliphatic heterocycles. The summed E-state index contributed by atoms with van der Waals surface area (Å²) in [5.74, 6) is 0.386. The Morgan fingerprint density at radius 2 is 2.07 bits per heavy atom. The van der Waals surface area contributed by atoms with Crippen LogP contribution in [0.2, 0.25) is 0 Å². The lowest BCUT2D eigenvalue weighted by Gasteiger charge is -2.11. The van der Waals surface area contributed by atoms with Crippen molar-refractivity contribution in [3.8, 4) is 11.5 Å². The summed E-state index contributed by atoms with van der Waals surface area (Å²) in [4.78, 5) is 0. The molecule has 0 spiro atoms. The van der Waals surface area contributed by atoms with E-state index in [0.29, 0.717) is 10.2 Å². The van der Waals surface area contributed by atoms with E-state index in [-0.39, 0.29) is 11.4 Å². The molecule has 3 nitrogen and oxygen atoms in total. The summed E-state index contributed by atoms with van der Waals surface area (Å²) in [6, 6.07) is 2.90. The van der Waals surface area contributed by atoms with Gasteiger partial charge in [-0.05, 0) is 22.0 Å². The zero-order valence-corrected chi connectivity index (χ0v) is 8.85. The van der Waals surface area contributed by atoms with Gasteiger partial charge in [0, 0.05) is 6.07 Å². The fourth-order valence-electron chi connectivity index (χ4n) is 0.920. The fraction of sp³-hybridized carbons (Fsp3) is 0.250. The van der Waals surface area contributed by atoms with Gasteiger partial charge in [0.1, 0.15) is 5.75 Å². The number of alkyl halides is 2. The van der Waals surface area contributed by atoms with Crippen LogP contribution >= 0.6 is 15.9 Å². The molecular weight excluding hydrogens is 260 g/mol. The molecule has 14 heavy (non-hydrogen) atoms. The first-order valence-electron chi connectivity index (χ1n) is 3.62. The number of halogens is 3. The minimum Gasteiger partial charge on any atom is -0.497 e. The molecule has 0 saturated carbocycles. The average molecular weight is 268 g/mol. The van der Waals surface area contributed by atoms with E-state index in [2.05, 4.69) is 20.7 Å². The van der Waals surface area contributed by atoms with Crippen molar-refractivity contribution >= 4 is 21.6 Å². The van der Waals surface area contributed by atoms with Gasteiger partial charge in [-0.15, -0.1) is 0 Å². The van der Waals surface area contributed by atoms with Gasteiger partial charge in [0.25, 0.3) is 0 Å². The molecule has 2 N–H and O–H groups in total. The number of nitrogens with two attached hydrogens (primary N) is 1. The van der Waals surface area contributed by atoms with Gasteiger partial charge >= 0.3 is 6.61 Å². The third-order valence-corrected chi connectivity index (χ3v) is 2.08. The van der Waals surface area contributed by atoms with E-state index in [1.807, 2.05) is 0 Å². The van der Waals surface area contributed by atoms with E-state index < -0.39 is 6.61 Å². The van der Waals surface area contributed by atoms with Crippen molar-refractivity contribution in [3.05, 3.63) is 16.6 Å². The van der Waals surface area contributed by atoms with E-state index >= 15 is 0 Å². The molecule has 0 radical (unpaired) electrons. The number of anilines is 1. The first kappa shape index (κ1) is 11.0. The summed E-state index contributed by atoms with van der Waals surface area (Å²) < 4.78 is 33.3. The van der Waals surface area contributed by atoms with Crippen molar-refractivity contribution in [1.82, 2.24) is 0 Å². The summed E-state index contributed by atoms with van der Waals surface area (Å²) in [6.45, 7) is -2.90. The minimum atomic E-state index is -2.90. The second kappa shape index (κ2) is 4.45. The first-order chi connectivity index (χ1) is 6.54. The molecule has 0 bridgehead atoms. The van der Waals surface area contributed by atoms with Crippen LogP contribution in [0.5, 0.6) is 11.5 Å². The minimum absolute atomic E-state index is 0.0826. The molecular formula is C8H8BrF2NO2. The Bertz CT molecular complexity index is 310. The number of hydrogen-bond donors (Lipinski definition) is 1. The highest BCUT2D eigenvalue weighted by atomic mass is 79.9. The van der Waals surface area contributed by atoms with Crippen molar-refractivity contribution in [1.29, 1.82) is 0 Å². The quantitative estimate of drug-likeness (QED) is 0.857. The van der Waals surface area contributed by atoms with Crippen molar-refractivity contribution in [3.63, 3.8) is 0 Å². The molecule has 1 aromatic carbocycles. The van der Waals surface area contributed by atoms with Gasteiger partial charge in [-0.2, -0.15) is 8.78 Å². The van der Waals surface area contributed by atoms with Crippen molar-refractivity contribution in [2.45, 2.75) is 6.61 Å². The number of rotatable bonds is 3. The average Bonchev–Trinajstić information content (AvgIpc) is 2.10. The van der Waals surface area contributed by atoms with Crippen LogP contribution in [0.3, 0.4) is 0 Å². The Hall–Kier alpha value is -1.04. The lowest BCUT2D eigenvalue weighted by atomic mass is 10.3. The standard InChI is InChI=1S/C8H8BrF2NO2/c1-13-4-2-5(9)7(6(12)3-4)14-8(10)11/h2-3,8H,12H2,1H3. The Morgan fingerprint density at radius 3 is 2.50 bits per heavy atom. The molecule has 0 saturated heterocycles. The lowest BCUT2D eigenvalue weighted by Crippen LogP contribution is -2.05. The normalized spacial score (nSPS) is 10.4. The third-order valence-electron chi connectivity index (χ3n) is 1.49. The predicted molar refractivity (Wildman–Crippen MR) is 51.7 cm³/mol. The third kappa shape index (κ3) is 2.47. The van der Waals surface area contributed by atoms with Crippen molar-refractivity contribution in [2.75, 3.05) is 12.8 Å². The Kier molecular flexibility index (Phi) is 3.51. The molecule has 0 unspecified atom stereocenters. The molecule has 0 fully saturated rings. The van der Waals surface area contributed by atoms with E-state index in [0.717, 1.165) is 0 Å². The van der Waals surface area contributed by atoms with Crippen molar-refractivity contribution < 1.29 is 18.3 Å². The number of benzene rings is 1. The van der Waals surface area contributed by atoms with Crippen LogP contribution in [-0.4, -0.2) is 13.7 Å². The molecule has 6 heteroatoms. The smallest absolute Gasteiger partial charge is 0.387 e. The van der Waals surface area contributed by atoms with E-state index in [1.54, 1.807) is 0 Å². The zero-order chi connectivity index (χ0) is 10.7. The Morgan fingerprint density at radius 1 is 1.43 bits per heavy atom. The van der Waals surface area contributed by atoms with Crippen LogP contribution in [0.25, 0.3) is 0 Å². The summed E-state index contributed by atoms with van der Waals surface area (Å²) >= 11 is 3.05. The van der Waals surface area contributed by atoms with Gasteiger partial charge in [0.15, 0.2) is 5.75 Å². The lowest BCUT2D eigenvalue weighted by molar-refractivity contribution is -0.0498. The van der Waals surface area contributed by atoms with Crippen LogP contribution in [0.15, 0.2) is 16.6 Å². The highest BCUT2D eigenvalue weighted by Gasteiger charge is 2.13. The molecule has 0 atom stereocenters. The maximum atomic E-state index is 11.9. The number of nitrogen functional groups attached to an aromatic ring is 1. The fourth-order valence-corrected chi connectivity index (χ4v) is 1.47. The molecule has 1 aromatic rings. The van der Waals surface area contributed by atoms with Crippen LogP contribution in [0.4, 0.5) is 14.5 Å². The van der Waals surface area contributed by atoms with Gasteiger partial charge < -0.3 is 15.2 Å². The van der Waals surface area contributed by atoms with Gasteiger partial charge in [0.2, 0.25) is 0 Å². The molecule has 0 amide bonds. The monoisotopic (exact) mass is 267 g/mol. The van der Waals surface area contributed by atoms with Crippen LogP contribution in [0.1, 0.15) is 0 Å². The van der Waals surface area contributed by atoms with Gasteiger partial charge in [-0.3, -0.25) is 0 Å². The molecule has 0 aromatic heterocycles. The van der Waals surface area contributed by atoms with Crippen molar-refractivity contribution in [2.24, 2.45) is 0 Å².